The maximum atomic E-state index is 12.9. The molecule has 12 nitrogen and oxygen atoms in total. The first kappa shape index (κ1) is 28.3. The van der Waals surface area contributed by atoms with Gasteiger partial charge >= 0.3 is 5.97 Å². The van der Waals surface area contributed by atoms with Crippen molar-refractivity contribution in [3.8, 4) is 0 Å². The SMILES string of the molecule is CC(NC(=O)C(CCC(N)=O)NC(=O)C(N)Cc1c[nH]c2ccccc12)C(=O)NC(C(=O)O)C(C)C. The van der Waals surface area contributed by atoms with Crippen LogP contribution in [-0.4, -0.2) is 63.9 Å². The fourth-order valence-corrected chi connectivity index (χ4v) is 3.64. The summed E-state index contributed by atoms with van der Waals surface area (Å²) < 4.78 is 0. The normalized spacial score (nSPS) is 14.5. The molecule has 0 fully saturated rings. The molecule has 0 aliphatic carbocycles. The summed E-state index contributed by atoms with van der Waals surface area (Å²) in [6, 6.07) is 3.12. The number of benzene rings is 1. The molecule has 4 atom stereocenters. The van der Waals surface area contributed by atoms with Crippen molar-refractivity contribution >= 4 is 40.5 Å². The number of carboxylic acids is 1. The predicted molar refractivity (Wildman–Crippen MR) is 132 cm³/mol. The average molecular weight is 503 g/mol. The molecule has 0 aliphatic rings. The second-order valence-corrected chi connectivity index (χ2v) is 9.04. The van der Waals surface area contributed by atoms with E-state index in [1.54, 1.807) is 20.0 Å². The van der Waals surface area contributed by atoms with Crippen LogP contribution in [0.3, 0.4) is 0 Å². The van der Waals surface area contributed by atoms with E-state index in [-0.39, 0.29) is 25.2 Å². The number of carboxylic acid groups (broad SMARTS) is 1. The molecular formula is C24H34N6O6. The van der Waals surface area contributed by atoms with Gasteiger partial charge in [0.05, 0.1) is 6.04 Å². The van der Waals surface area contributed by atoms with E-state index < -0.39 is 53.8 Å². The van der Waals surface area contributed by atoms with Crippen LogP contribution in [0, 0.1) is 5.92 Å². The first-order chi connectivity index (χ1) is 16.9. The molecule has 1 aromatic heterocycles. The van der Waals surface area contributed by atoms with Gasteiger partial charge < -0.3 is 37.5 Å². The van der Waals surface area contributed by atoms with Gasteiger partial charge in [0, 0.05) is 23.5 Å². The molecule has 196 valence electrons. The summed E-state index contributed by atoms with van der Waals surface area (Å²) >= 11 is 0. The van der Waals surface area contributed by atoms with Crippen molar-refractivity contribution in [2.24, 2.45) is 17.4 Å². The van der Waals surface area contributed by atoms with Crippen molar-refractivity contribution in [3.63, 3.8) is 0 Å². The number of nitrogens with one attached hydrogen (secondary N) is 4. The molecule has 0 radical (unpaired) electrons. The molecule has 0 saturated heterocycles. The Labute approximate surface area is 208 Å². The summed E-state index contributed by atoms with van der Waals surface area (Å²) in [6.45, 7) is 4.65. The minimum Gasteiger partial charge on any atom is -0.480 e. The van der Waals surface area contributed by atoms with E-state index >= 15 is 0 Å². The minimum absolute atomic E-state index is 0.106. The second kappa shape index (κ2) is 12.7. The molecule has 0 aliphatic heterocycles. The zero-order valence-corrected chi connectivity index (χ0v) is 20.5. The number of carbonyl (C=O) groups is 5. The smallest absolute Gasteiger partial charge is 0.326 e. The first-order valence-corrected chi connectivity index (χ1v) is 11.6. The molecule has 36 heavy (non-hydrogen) atoms. The van der Waals surface area contributed by atoms with Gasteiger partial charge in [0.25, 0.3) is 0 Å². The molecule has 2 rings (SSSR count). The number of fused-ring (bicyclic) bond motifs is 1. The van der Waals surface area contributed by atoms with Crippen LogP contribution in [0.4, 0.5) is 0 Å². The molecule has 9 N–H and O–H groups in total. The second-order valence-electron chi connectivity index (χ2n) is 9.04. The number of amides is 4. The maximum absolute atomic E-state index is 12.9. The number of nitrogens with two attached hydrogens (primary N) is 2. The molecule has 2 aromatic rings. The summed E-state index contributed by atoms with van der Waals surface area (Å²) in [5, 5.41) is 17.5. The van der Waals surface area contributed by atoms with E-state index in [2.05, 4.69) is 20.9 Å². The predicted octanol–water partition coefficient (Wildman–Crippen LogP) is -0.482. The number of aromatic amines is 1. The number of rotatable bonds is 13. The maximum Gasteiger partial charge on any atom is 0.326 e. The summed E-state index contributed by atoms with van der Waals surface area (Å²) in [5.41, 5.74) is 13.0. The fraction of sp³-hybridized carbons (Fsp3) is 0.458. The van der Waals surface area contributed by atoms with Crippen LogP contribution < -0.4 is 27.4 Å². The van der Waals surface area contributed by atoms with E-state index in [1.807, 2.05) is 24.3 Å². The Kier molecular flexibility index (Phi) is 9.97. The van der Waals surface area contributed by atoms with E-state index in [0.717, 1.165) is 16.5 Å². The van der Waals surface area contributed by atoms with Gasteiger partial charge in [-0.2, -0.15) is 0 Å². The third kappa shape index (κ3) is 7.80. The van der Waals surface area contributed by atoms with Crippen LogP contribution in [0.2, 0.25) is 0 Å². The molecule has 0 spiro atoms. The van der Waals surface area contributed by atoms with Gasteiger partial charge in [0.15, 0.2) is 0 Å². The lowest BCUT2D eigenvalue weighted by molar-refractivity contribution is -0.143. The summed E-state index contributed by atoms with van der Waals surface area (Å²) in [5.74, 6) is -4.31. The fourth-order valence-electron chi connectivity index (χ4n) is 3.64. The Morgan fingerprint density at radius 2 is 1.64 bits per heavy atom. The Balaban J connectivity index is 2.05. The van der Waals surface area contributed by atoms with Crippen LogP contribution in [0.25, 0.3) is 10.9 Å². The van der Waals surface area contributed by atoms with Crippen LogP contribution >= 0.6 is 0 Å². The molecular weight excluding hydrogens is 468 g/mol. The van der Waals surface area contributed by atoms with Crippen LogP contribution in [0.5, 0.6) is 0 Å². The molecule has 1 heterocycles. The van der Waals surface area contributed by atoms with Gasteiger partial charge in [0.1, 0.15) is 18.1 Å². The van der Waals surface area contributed by atoms with Crippen LogP contribution in [-0.2, 0) is 30.4 Å². The number of hydrogen-bond donors (Lipinski definition) is 7. The highest BCUT2D eigenvalue weighted by atomic mass is 16.4. The average Bonchev–Trinajstić information content (AvgIpc) is 3.21. The number of aromatic nitrogens is 1. The monoisotopic (exact) mass is 502 g/mol. The van der Waals surface area contributed by atoms with Crippen molar-refractivity contribution in [2.75, 3.05) is 0 Å². The highest BCUT2D eigenvalue weighted by molar-refractivity contribution is 5.94. The van der Waals surface area contributed by atoms with Gasteiger partial charge in [-0.15, -0.1) is 0 Å². The van der Waals surface area contributed by atoms with Gasteiger partial charge in [-0.05, 0) is 37.3 Å². The molecule has 1 aromatic carbocycles. The Hall–Kier alpha value is -3.93. The summed E-state index contributed by atoms with van der Waals surface area (Å²) in [4.78, 5) is 63.8. The molecule has 0 bridgehead atoms. The number of primary amides is 1. The number of para-hydroxylation sites is 1. The standard InChI is InChI=1S/C24H34N6O6/c1-12(2)20(24(35)36)30-21(32)13(3)28-23(34)18(8-9-19(26)31)29-22(33)16(25)10-14-11-27-17-7-5-4-6-15(14)17/h4-7,11-13,16,18,20,27H,8-10,25H2,1-3H3,(H2,26,31)(H,28,34)(H,29,33)(H,30,32)(H,35,36). The van der Waals surface area contributed by atoms with E-state index in [1.165, 1.54) is 6.92 Å². The topological polar surface area (TPSA) is 209 Å². The van der Waals surface area contributed by atoms with E-state index in [9.17, 15) is 29.1 Å². The van der Waals surface area contributed by atoms with Gasteiger partial charge in [-0.25, -0.2) is 4.79 Å². The summed E-state index contributed by atoms with van der Waals surface area (Å²) in [6.07, 6.45) is 1.66. The summed E-state index contributed by atoms with van der Waals surface area (Å²) in [7, 11) is 0. The Morgan fingerprint density at radius 1 is 0.972 bits per heavy atom. The highest BCUT2D eigenvalue weighted by Gasteiger charge is 2.29. The lowest BCUT2D eigenvalue weighted by atomic mass is 10.0. The quantitative estimate of drug-likeness (QED) is 0.191. The van der Waals surface area contributed by atoms with E-state index in [4.69, 9.17) is 11.5 Å². The zero-order chi connectivity index (χ0) is 27.0. The van der Waals surface area contributed by atoms with Crippen molar-refractivity contribution in [2.45, 2.75) is 64.2 Å². The Bertz CT molecular complexity index is 1110. The number of H-pyrrole nitrogens is 1. The lowest BCUT2D eigenvalue weighted by Crippen LogP contribution is -2.57. The van der Waals surface area contributed by atoms with Crippen LogP contribution in [0.15, 0.2) is 30.5 Å². The van der Waals surface area contributed by atoms with Crippen molar-refractivity contribution in [1.82, 2.24) is 20.9 Å². The molecule has 4 unspecified atom stereocenters. The van der Waals surface area contributed by atoms with Crippen molar-refractivity contribution in [1.29, 1.82) is 0 Å². The lowest BCUT2D eigenvalue weighted by Gasteiger charge is -2.24. The molecule has 0 saturated carbocycles. The largest absolute Gasteiger partial charge is 0.480 e. The molecule has 12 heteroatoms. The van der Waals surface area contributed by atoms with Gasteiger partial charge in [-0.1, -0.05) is 32.0 Å². The Morgan fingerprint density at radius 3 is 2.25 bits per heavy atom. The number of carbonyl (C=O) groups excluding carboxylic acids is 4. The first-order valence-electron chi connectivity index (χ1n) is 11.6. The molecule has 4 amide bonds. The van der Waals surface area contributed by atoms with Gasteiger partial charge in [0.2, 0.25) is 23.6 Å². The van der Waals surface area contributed by atoms with Crippen molar-refractivity contribution < 1.29 is 29.1 Å². The van der Waals surface area contributed by atoms with Crippen molar-refractivity contribution in [3.05, 3.63) is 36.0 Å². The minimum atomic E-state index is -1.20. The third-order valence-electron chi connectivity index (χ3n) is 5.75. The van der Waals surface area contributed by atoms with Crippen LogP contribution in [0.1, 0.15) is 39.2 Å². The number of aliphatic carboxylic acids is 1. The highest BCUT2D eigenvalue weighted by Crippen LogP contribution is 2.18. The number of hydrogen-bond acceptors (Lipinski definition) is 6. The van der Waals surface area contributed by atoms with Gasteiger partial charge in [-0.3, -0.25) is 19.2 Å². The van der Waals surface area contributed by atoms with E-state index in [0.29, 0.717) is 0 Å². The third-order valence-corrected chi connectivity index (χ3v) is 5.75. The zero-order valence-electron chi connectivity index (χ0n) is 20.5.